The van der Waals surface area contributed by atoms with Gasteiger partial charge in [0.1, 0.15) is 6.10 Å². The molecule has 0 aromatic heterocycles. The van der Waals surface area contributed by atoms with Gasteiger partial charge in [-0.3, -0.25) is 0 Å². The van der Waals surface area contributed by atoms with Crippen molar-refractivity contribution in [3.8, 4) is 0 Å². The van der Waals surface area contributed by atoms with Crippen LogP contribution in [0.15, 0.2) is 0 Å². The smallest absolute Gasteiger partial charge is 0.410 e. The van der Waals surface area contributed by atoms with E-state index >= 15 is 0 Å². The summed E-state index contributed by atoms with van der Waals surface area (Å²) in [5.74, 6) is 0. The van der Waals surface area contributed by atoms with Gasteiger partial charge < -0.3 is 20.3 Å². The number of hydrogen-bond acceptors (Lipinski definition) is 3. The van der Waals surface area contributed by atoms with E-state index in [0.717, 1.165) is 6.42 Å². The highest BCUT2D eigenvalue weighted by Gasteiger charge is 2.32. The molecule has 0 aromatic carbocycles. The van der Waals surface area contributed by atoms with Crippen molar-refractivity contribution in [2.24, 2.45) is 0 Å². The summed E-state index contributed by atoms with van der Waals surface area (Å²) in [5, 5.41) is 5.38. The van der Waals surface area contributed by atoms with Gasteiger partial charge in [0.2, 0.25) is 0 Å². The van der Waals surface area contributed by atoms with E-state index in [0.29, 0.717) is 19.6 Å². The molecule has 1 heterocycles. The molecular formula is C11H21N3O3. The van der Waals surface area contributed by atoms with E-state index in [4.69, 9.17) is 4.74 Å². The predicted octanol–water partition coefficient (Wildman–Crippen LogP) is 0.925. The standard InChI is InChI=1S/C11H21N3O3/c1-4-5-12-10(15)13-6-9-7-14(8(2)3)11(16)17-9/h8-9H,4-7H2,1-3H3,(H2,12,13,15). The Morgan fingerprint density at radius 3 is 2.76 bits per heavy atom. The van der Waals surface area contributed by atoms with Gasteiger partial charge in [-0.2, -0.15) is 0 Å². The van der Waals surface area contributed by atoms with Gasteiger partial charge in [0.25, 0.3) is 0 Å². The second-order valence-electron chi connectivity index (χ2n) is 4.39. The van der Waals surface area contributed by atoms with E-state index in [9.17, 15) is 9.59 Å². The molecule has 0 bridgehead atoms. The Balaban J connectivity index is 2.26. The minimum absolute atomic E-state index is 0.126. The summed E-state index contributed by atoms with van der Waals surface area (Å²) in [6.07, 6.45) is 0.338. The van der Waals surface area contributed by atoms with Gasteiger partial charge in [0, 0.05) is 12.6 Å². The fraction of sp³-hybridized carbons (Fsp3) is 0.818. The molecule has 17 heavy (non-hydrogen) atoms. The summed E-state index contributed by atoms with van der Waals surface area (Å²) >= 11 is 0. The van der Waals surface area contributed by atoms with Crippen molar-refractivity contribution in [3.63, 3.8) is 0 Å². The lowest BCUT2D eigenvalue weighted by Crippen LogP contribution is -2.41. The maximum Gasteiger partial charge on any atom is 0.410 e. The van der Waals surface area contributed by atoms with E-state index in [1.165, 1.54) is 0 Å². The molecule has 1 aliphatic heterocycles. The Hall–Kier alpha value is -1.46. The number of cyclic esters (lactones) is 1. The lowest BCUT2D eigenvalue weighted by molar-refractivity contribution is 0.129. The van der Waals surface area contributed by atoms with Crippen LogP contribution in [0, 0.1) is 0 Å². The van der Waals surface area contributed by atoms with Crippen LogP contribution in [0.5, 0.6) is 0 Å². The summed E-state index contributed by atoms with van der Waals surface area (Å²) in [6.45, 7) is 7.39. The first-order valence-electron chi connectivity index (χ1n) is 6.03. The van der Waals surface area contributed by atoms with Crippen LogP contribution >= 0.6 is 0 Å². The maximum absolute atomic E-state index is 11.4. The summed E-state index contributed by atoms with van der Waals surface area (Å²) in [4.78, 5) is 24.3. The highest BCUT2D eigenvalue weighted by molar-refractivity contribution is 5.74. The normalized spacial score (nSPS) is 19.4. The highest BCUT2D eigenvalue weighted by Crippen LogP contribution is 2.13. The van der Waals surface area contributed by atoms with Crippen LogP contribution < -0.4 is 10.6 Å². The zero-order valence-electron chi connectivity index (χ0n) is 10.7. The molecule has 1 unspecified atom stereocenters. The minimum atomic E-state index is -0.305. The lowest BCUT2D eigenvalue weighted by Gasteiger charge is -2.16. The Morgan fingerprint density at radius 1 is 1.53 bits per heavy atom. The monoisotopic (exact) mass is 243 g/mol. The van der Waals surface area contributed by atoms with Crippen molar-refractivity contribution >= 4 is 12.1 Å². The molecule has 1 fully saturated rings. The van der Waals surface area contributed by atoms with Gasteiger partial charge >= 0.3 is 12.1 Å². The molecule has 6 heteroatoms. The van der Waals surface area contributed by atoms with E-state index in [-0.39, 0.29) is 24.3 Å². The van der Waals surface area contributed by atoms with Gasteiger partial charge in [-0.1, -0.05) is 6.92 Å². The molecule has 6 nitrogen and oxygen atoms in total. The van der Waals surface area contributed by atoms with E-state index in [1.54, 1.807) is 4.90 Å². The number of ether oxygens (including phenoxy) is 1. The molecule has 98 valence electrons. The second-order valence-corrected chi connectivity index (χ2v) is 4.39. The van der Waals surface area contributed by atoms with Gasteiger partial charge in [-0.25, -0.2) is 9.59 Å². The van der Waals surface area contributed by atoms with Gasteiger partial charge in [0.15, 0.2) is 0 Å². The van der Waals surface area contributed by atoms with Crippen molar-refractivity contribution in [1.82, 2.24) is 15.5 Å². The first-order valence-corrected chi connectivity index (χ1v) is 6.03. The van der Waals surface area contributed by atoms with Crippen molar-refractivity contribution < 1.29 is 14.3 Å². The number of hydrogen-bond donors (Lipinski definition) is 2. The molecular weight excluding hydrogens is 222 g/mol. The van der Waals surface area contributed by atoms with E-state index in [2.05, 4.69) is 10.6 Å². The molecule has 0 aromatic rings. The molecule has 1 atom stereocenters. The summed E-state index contributed by atoms with van der Waals surface area (Å²) in [6, 6.07) is -0.0905. The Bertz CT molecular complexity index is 281. The number of nitrogens with one attached hydrogen (secondary N) is 2. The third kappa shape index (κ3) is 4.13. The molecule has 1 saturated heterocycles. The number of amides is 3. The molecule has 0 saturated carbocycles. The molecule has 1 rings (SSSR count). The third-order valence-electron chi connectivity index (χ3n) is 2.55. The van der Waals surface area contributed by atoms with Crippen molar-refractivity contribution in [2.75, 3.05) is 19.6 Å². The summed E-state index contributed by atoms with van der Waals surface area (Å²) < 4.78 is 5.13. The molecule has 0 radical (unpaired) electrons. The number of carbonyl (C=O) groups excluding carboxylic acids is 2. The SMILES string of the molecule is CCCNC(=O)NCC1CN(C(C)C)C(=O)O1. The van der Waals surface area contributed by atoms with Crippen LogP contribution in [-0.4, -0.2) is 48.8 Å². The summed E-state index contributed by atoms with van der Waals surface area (Å²) in [5.41, 5.74) is 0. The van der Waals surface area contributed by atoms with Crippen LogP contribution in [-0.2, 0) is 4.74 Å². The van der Waals surface area contributed by atoms with E-state index < -0.39 is 0 Å². The maximum atomic E-state index is 11.4. The number of carbonyl (C=O) groups is 2. The third-order valence-corrected chi connectivity index (χ3v) is 2.55. The molecule has 0 spiro atoms. The van der Waals surface area contributed by atoms with Crippen LogP contribution in [0.1, 0.15) is 27.2 Å². The fourth-order valence-electron chi connectivity index (χ4n) is 1.58. The van der Waals surface area contributed by atoms with Crippen LogP contribution in [0.4, 0.5) is 9.59 Å². The largest absolute Gasteiger partial charge is 0.442 e. The lowest BCUT2D eigenvalue weighted by atomic mass is 10.3. The van der Waals surface area contributed by atoms with E-state index in [1.807, 2.05) is 20.8 Å². The zero-order chi connectivity index (χ0) is 12.8. The van der Waals surface area contributed by atoms with Crippen LogP contribution in [0.25, 0.3) is 0 Å². The molecule has 3 amide bonds. The van der Waals surface area contributed by atoms with Crippen molar-refractivity contribution in [1.29, 1.82) is 0 Å². The Kier molecular flexibility index (Phi) is 5.06. The second kappa shape index (κ2) is 6.32. The van der Waals surface area contributed by atoms with Gasteiger partial charge in [0.05, 0.1) is 13.1 Å². The molecule has 0 aliphatic carbocycles. The van der Waals surface area contributed by atoms with Gasteiger partial charge in [-0.15, -0.1) is 0 Å². The number of rotatable bonds is 5. The average molecular weight is 243 g/mol. The Labute approximate surface area is 102 Å². The van der Waals surface area contributed by atoms with Crippen molar-refractivity contribution in [3.05, 3.63) is 0 Å². The molecule has 1 aliphatic rings. The Morgan fingerprint density at radius 2 is 2.24 bits per heavy atom. The highest BCUT2D eigenvalue weighted by atomic mass is 16.6. The van der Waals surface area contributed by atoms with Gasteiger partial charge in [-0.05, 0) is 20.3 Å². The van der Waals surface area contributed by atoms with Crippen LogP contribution in [0.3, 0.4) is 0 Å². The average Bonchev–Trinajstić information content (AvgIpc) is 2.65. The first-order chi connectivity index (χ1) is 8.04. The number of nitrogens with zero attached hydrogens (tertiary/aromatic N) is 1. The molecule has 2 N–H and O–H groups in total. The van der Waals surface area contributed by atoms with Crippen LogP contribution in [0.2, 0.25) is 0 Å². The van der Waals surface area contributed by atoms with Crippen molar-refractivity contribution in [2.45, 2.75) is 39.3 Å². The summed E-state index contributed by atoms with van der Waals surface area (Å²) in [7, 11) is 0. The quantitative estimate of drug-likeness (QED) is 0.754. The topological polar surface area (TPSA) is 70.7 Å². The predicted molar refractivity (Wildman–Crippen MR) is 63.8 cm³/mol. The number of urea groups is 1. The fourth-order valence-corrected chi connectivity index (χ4v) is 1.58. The first kappa shape index (κ1) is 13.6. The minimum Gasteiger partial charge on any atom is -0.442 e. The zero-order valence-corrected chi connectivity index (χ0v) is 10.7.